The minimum atomic E-state index is -0.766. The maximum Gasteiger partial charge on any atom is 0.405 e. The first-order valence-electron chi connectivity index (χ1n) is 7.26. The van der Waals surface area contributed by atoms with Crippen LogP contribution in [0.15, 0.2) is 48.5 Å². The molecule has 0 saturated heterocycles. The van der Waals surface area contributed by atoms with Gasteiger partial charge in [0, 0.05) is 11.0 Å². The number of nitrogens with two attached hydrogens (primary N) is 1. The maximum absolute atomic E-state index is 11.2. The molecule has 1 heterocycles. The Morgan fingerprint density at radius 2 is 1.91 bits per heavy atom. The van der Waals surface area contributed by atoms with Crippen LogP contribution in [0.3, 0.4) is 0 Å². The number of primary amides is 1. The molecule has 0 aliphatic carbocycles. The van der Waals surface area contributed by atoms with Crippen molar-refractivity contribution >= 4 is 6.09 Å². The van der Waals surface area contributed by atoms with Crippen LogP contribution in [0.1, 0.15) is 25.5 Å². The van der Waals surface area contributed by atoms with E-state index in [4.69, 9.17) is 15.2 Å². The molecule has 1 amide bonds. The second kappa shape index (κ2) is 5.37. The van der Waals surface area contributed by atoms with Crippen molar-refractivity contribution in [3.63, 3.8) is 0 Å². The third kappa shape index (κ3) is 2.64. The first-order chi connectivity index (χ1) is 10.5. The van der Waals surface area contributed by atoms with Gasteiger partial charge in [0.25, 0.3) is 0 Å². The highest BCUT2D eigenvalue weighted by atomic mass is 16.6. The van der Waals surface area contributed by atoms with Crippen LogP contribution in [-0.4, -0.2) is 12.7 Å². The Morgan fingerprint density at radius 3 is 2.59 bits per heavy atom. The van der Waals surface area contributed by atoms with E-state index in [0.717, 1.165) is 22.4 Å². The number of carbonyl (C=O) groups excluding carboxylic acids is 1. The van der Waals surface area contributed by atoms with E-state index in [0.29, 0.717) is 6.61 Å². The average molecular weight is 297 g/mol. The molecule has 1 atom stereocenters. The van der Waals surface area contributed by atoms with Gasteiger partial charge in [-0.05, 0) is 17.2 Å². The highest BCUT2D eigenvalue weighted by molar-refractivity contribution is 5.68. The van der Waals surface area contributed by atoms with E-state index >= 15 is 0 Å². The van der Waals surface area contributed by atoms with Gasteiger partial charge in [0.15, 0.2) is 0 Å². The van der Waals surface area contributed by atoms with Crippen molar-refractivity contribution in [2.45, 2.75) is 20.0 Å². The fourth-order valence-corrected chi connectivity index (χ4v) is 2.79. The first-order valence-corrected chi connectivity index (χ1v) is 7.26. The smallest absolute Gasteiger partial charge is 0.405 e. The molecule has 0 spiro atoms. The van der Waals surface area contributed by atoms with Crippen LogP contribution < -0.4 is 10.5 Å². The zero-order valence-electron chi connectivity index (χ0n) is 12.7. The minimum Gasteiger partial charge on any atom is -0.492 e. The van der Waals surface area contributed by atoms with Gasteiger partial charge in [-0.25, -0.2) is 4.79 Å². The lowest BCUT2D eigenvalue weighted by atomic mass is 9.80. The van der Waals surface area contributed by atoms with Crippen molar-refractivity contribution < 1.29 is 14.3 Å². The van der Waals surface area contributed by atoms with Crippen molar-refractivity contribution in [3.8, 4) is 16.9 Å². The van der Waals surface area contributed by atoms with E-state index in [1.807, 2.05) is 62.4 Å². The fourth-order valence-electron chi connectivity index (χ4n) is 2.79. The van der Waals surface area contributed by atoms with E-state index < -0.39 is 12.2 Å². The number of rotatable bonds is 2. The normalized spacial score (nSPS) is 18.9. The zero-order valence-corrected chi connectivity index (χ0v) is 12.7. The van der Waals surface area contributed by atoms with Gasteiger partial charge in [-0.3, -0.25) is 0 Å². The van der Waals surface area contributed by atoms with Gasteiger partial charge in [0.05, 0.1) is 6.61 Å². The van der Waals surface area contributed by atoms with Gasteiger partial charge in [0.1, 0.15) is 11.9 Å². The molecule has 2 aromatic rings. The third-order valence-corrected chi connectivity index (χ3v) is 3.95. The molecule has 2 N–H and O–H groups in total. The molecule has 1 unspecified atom stereocenters. The Balaban J connectivity index is 2.01. The van der Waals surface area contributed by atoms with Gasteiger partial charge >= 0.3 is 6.09 Å². The third-order valence-electron chi connectivity index (χ3n) is 3.95. The summed E-state index contributed by atoms with van der Waals surface area (Å²) in [6, 6.07) is 16.0. The molecule has 0 radical (unpaired) electrons. The molecule has 1 aliphatic rings. The monoisotopic (exact) mass is 297 g/mol. The molecule has 0 fully saturated rings. The molecule has 0 bridgehead atoms. The largest absolute Gasteiger partial charge is 0.492 e. The maximum atomic E-state index is 11.2. The number of carbonyl (C=O) groups is 1. The van der Waals surface area contributed by atoms with Gasteiger partial charge in [0.2, 0.25) is 0 Å². The van der Waals surface area contributed by atoms with Crippen LogP contribution in [-0.2, 0) is 4.74 Å². The van der Waals surface area contributed by atoms with Crippen LogP contribution in [0.5, 0.6) is 5.75 Å². The van der Waals surface area contributed by atoms with Crippen molar-refractivity contribution in [1.82, 2.24) is 0 Å². The molecular weight excluding hydrogens is 278 g/mol. The second-order valence-corrected chi connectivity index (χ2v) is 6.21. The molecule has 2 aromatic carbocycles. The number of fused-ring (bicyclic) bond motifs is 1. The lowest BCUT2D eigenvalue weighted by Crippen LogP contribution is -2.37. The standard InChI is InChI=1S/C18H19NO3/c1-18(2)11-21-15-10-13(12-6-4-3-5-7-12)8-9-14(15)16(18)22-17(19)20/h3-10,16H,11H2,1-2H3,(H2,19,20). The molecule has 3 rings (SSSR count). The molecule has 0 saturated carbocycles. The van der Waals surface area contributed by atoms with Crippen LogP contribution in [0.2, 0.25) is 0 Å². The molecule has 4 heteroatoms. The summed E-state index contributed by atoms with van der Waals surface area (Å²) in [5, 5.41) is 0. The Labute approximate surface area is 129 Å². The summed E-state index contributed by atoms with van der Waals surface area (Å²) in [7, 11) is 0. The highest BCUT2D eigenvalue weighted by Crippen LogP contribution is 2.46. The van der Waals surface area contributed by atoms with E-state index in [1.54, 1.807) is 0 Å². The highest BCUT2D eigenvalue weighted by Gasteiger charge is 2.40. The number of ether oxygens (including phenoxy) is 2. The van der Waals surface area contributed by atoms with E-state index in [1.165, 1.54) is 0 Å². The number of hydrogen-bond donors (Lipinski definition) is 1. The number of hydrogen-bond acceptors (Lipinski definition) is 3. The number of benzene rings is 2. The molecule has 114 valence electrons. The second-order valence-electron chi connectivity index (χ2n) is 6.21. The van der Waals surface area contributed by atoms with Crippen molar-refractivity contribution in [2.75, 3.05) is 6.61 Å². The summed E-state index contributed by atoms with van der Waals surface area (Å²) in [6.45, 7) is 4.46. The Morgan fingerprint density at radius 1 is 1.18 bits per heavy atom. The lowest BCUT2D eigenvalue weighted by molar-refractivity contribution is -0.0176. The van der Waals surface area contributed by atoms with Crippen molar-refractivity contribution in [2.24, 2.45) is 11.1 Å². The Kier molecular flexibility index (Phi) is 3.53. The van der Waals surface area contributed by atoms with Crippen LogP contribution >= 0.6 is 0 Å². The minimum absolute atomic E-state index is 0.323. The van der Waals surface area contributed by atoms with Crippen LogP contribution in [0.25, 0.3) is 11.1 Å². The summed E-state index contributed by atoms with van der Waals surface area (Å²) in [5.41, 5.74) is 7.94. The number of amides is 1. The summed E-state index contributed by atoms with van der Waals surface area (Å²) in [5.74, 6) is 0.743. The quantitative estimate of drug-likeness (QED) is 0.914. The first kappa shape index (κ1) is 14.4. The van der Waals surface area contributed by atoms with Gasteiger partial charge in [-0.2, -0.15) is 0 Å². The lowest BCUT2D eigenvalue weighted by Gasteiger charge is -2.38. The summed E-state index contributed by atoms with van der Waals surface area (Å²) in [4.78, 5) is 11.2. The van der Waals surface area contributed by atoms with Crippen LogP contribution in [0, 0.1) is 5.41 Å². The van der Waals surface area contributed by atoms with E-state index in [2.05, 4.69) is 0 Å². The predicted octanol–water partition coefficient (Wildman–Crippen LogP) is 3.91. The molecular formula is C18H19NO3. The summed E-state index contributed by atoms with van der Waals surface area (Å²) < 4.78 is 11.2. The SMILES string of the molecule is CC1(C)COc2cc(-c3ccccc3)ccc2C1OC(N)=O. The topological polar surface area (TPSA) is 61.6 Å². The van der Waals surface area contributed by atoms with Crippen LogP contribution in [0.4, 0.5) is 4.79 Å². The van der Waals surface area contributed by atoms with Gasteiger partial charge in [-0.1, -0.05) is 56.3 Å². The van der Waals surface area contributed by atoms with E-state index in [-0.39, 0.29) is 5.41 Å². The van der Waals surface area contributed by atoms with Gasteiger partial charge in [-0.15, -0.1) is 0 Å². The average Bonchev–Trinajstić information content (AvgIpc) is 2.50. The van der Waals surface area contributed by atoms with Crippen molar-refractivity contribution in [1.29, 1.82) is 0 Å². The molecule has 1 aliphatic heterocycles. The molecule has 4 nitrogen and oxygen atoms in total. The fraction of sp³-hybridized carbons (Fsp3) is 0.278. The van der Waals surface area contributed by atoms with Crippen molar-refractivity contribution in [3.05, 3.63) is 54.1 Å². The summed E-state index contributed by atoms with van der Waals surface area (Å²) >= 11 is 0. The Hall–Kier alpha value is -2.49. The van der Waals surface area contributed by atoms with E-state index in [9.17, 15) is 4.79 Å². The molecule has 0 aromatic heterocycles. The van der Waals surface area contributed by atoms with Gasteiger partial charge < -0.3 is 15.2 Å². The summed E-state index contributed by atoms with van der Waals surface area (Å²) in [6.07, 6.45) is -1.17. The molecule has 22 heavy (non-hydrogen) atoms. The Bertz CT molecular complexity index is 695. The predicted molar refractivity (Wildman–Crippen MR) is 84.6 cm³/mol. The zero-order chi connectivity index (χ0) is 15.7.